The summed E-state index contributed by atoms with van der Waals surface area (Å²) in [7, 11) is -1.75. The van der Waals surface area contributed by atoms with Gasteiger partial charge in [0.25, 0.3) is 0 Å². The Morgan fingerprint density at radius 2 is 2.07 bits per heavy atom. The molecule has 160 valence electrons. The molecule has 1 aromatic carbocycles. The molecule has 10 heteroatoms. The molecule has 0 saturated heterocycles. The van der Waals surface area contributed by atoms with Gasteiger partial charge < -0.3 is 15.2 Å². The normalized spacial score (nSPS) is 13.9. The van der Waals surface area contributed by atoms with Crippen molar-refractivity contribution in [3.8, 4) is 0 Å². The second kappa shape index (κ2) is 10.3. The monoisotopic (exact) mass is 533 g/mol. The van der Waals surface area contributed by atoms with Crippen LogP contribution in [-0.4, -0.2) is 45.4 Å². The summed E-state index contributed by atoms with van der Waals surface area (Å²) < 4.78 is 32.2. The largest absolute Gasteiger partial charge is 0.359 e. The number of guanidine groups is 1. The maximum atomic E-state index is 12.7. The van der Waals surface area contributed by atoms with E-state index in [1.807, 2.05) is 30.3 Å². The van der Waals surface area contributed by atoms with E-state index in [2.05, 4.69) is 34.6 Å². The summed E-state index contributed by atoms with van der Waals surface area (Å²) in [4.78, 5) is 4.12. The van der Waals surface area contributed by atoms with E-state index >= 15 is 0 Å². The average Bonchev–Trinajstić information content (AvgIpc) is 3.31. The van der Waals surface area contributed by atoms with E-state index in [1.54, 1.807) is 7.05 Å². The first-order valence-electron chi connectivity index (χ1n) is 9.39. The summed E-state index contributed by atoms with van der Waals surface area (Å²) in [6, 6.07) is 9.54. The van der Waals surface area contributed by atoms with Gasteiger partial charge in [0.15, 0.2) is 11.7 Å². The van der Waals surface area contributed by atoms with Gasteiger partial charge in [-0.1, -0.05) is 37.2 Å². The highest BCUT2D eigenvalue weighted by molar-refractivity contribution is 14.0. The van der Waals surface area contributed by atoms with Gasteiger partial charge in [-0.05, 0) is 24.0 Å². The highest BCUT2D eigenvalue weighted by Gasteiger charge is 2.28. The third kappa shape index (κ3) is 5.84. The molecule has 2 N–H and O–H groups in total. The fraction of sp³-hybridized carbons (Fsp3) is 0.474. The van der Waals surface area contributed by atoms with Crippen molar-refractivity contribution in [2.45, 2.75) is 32.7 Å². The second-order valence-electron chi connectivity index (χ2n) is 6.99. The molecule has 1 aromatic heterocycles. The minimum absolute atomic E-state index is 0. The summed E-state index contributed by atoms with van der Waals surface area (Å²) >= 11 is 0. The van der Waals surface area contributed by atoms with Crippen LogP contribution in [0.5, 0.6) is 0 Å². The fourth-order valence-corrected chi connectivity index (χ4v) is 4.51. The van der Waals surface area contributed by atoms with E-state index in [4.69, 9.17) is 4.52 Å². The van der Waals surface area contributed by atoms with Gasteiger partial charge in [-0.2, -0.15) is 0 Å². The first kappa shape index (κ1) is 23.5. The van der Waals surface area contributed by atoms with Gasteiger partial charge >= 0.3 is 0 Å². The van der Waals surface area contributed by atoms with E-state index in [0.717, 1.165) is 23.4 Å². The van der Waals surface area contributed by atoms with Crippen LogP contribution in [-0.2, 0) is 23.0 Å². The first-order chi connectivity index (χ1) is 13.4. The number of hydrogen-bond acceptors (Lipinski definition) is 5. The minimum atomic E-state index is -3.39. The van der Waals surface area contributed by atoms with Gasteiger partial charge in [0.1, 0.15) is 0 Å². The van der Waals surface area contributed by atoms with Crippen molar-refractivity contribution in [3.05, 3.63) is 47.3 Å². The van der Waals surface area contributed by atoms with Gasteiger partial charge in [0.2, 0.25) is 10.0 Å². The van der Waals surface area contributed by atoms with Crippen LogP contribution in [0.3, 0.4) is 0 Å². The number of halogens is 1. The number of hydrogen-bond donors (Lipinski definition) is 2. The zero-order valence-electron chi connectivity index (χ0n) is 16.9. The molecule has 29 heavy (non-hydrogen) atoms. The number of aromatic nitrogens is 1. The number of aliphatic imine (C=N–C) groups is 1. The molecule has 1 aliphatic rings. The van der Waals surface area contributed by atoms with Gasteiger partial charge in [-0.15, -0.1) is 24.0 Å². The number of para-hydroxylation sites is 1. The quantitative estimate of drug-likeness (QED) is 0.323. The zero-order chi connectivity index (χ0) is 20.1. The van der Waals surface area contributed by atoms with Crippen molar-refractivity contribution < 1.29 is 12.9 Å². The molecule has 0 radical (unpaired) electrons. The molecule has 0 bridgehead atoms. The maximum Gasteiger partial charge on any atom is 0.236 e. The minimum Gasteiger partial charge on any atom is -0.359 e. The number of rotatable bonds is 7. The van der Waals surface area contributed by atoms with Crippen molar-refractivity contribution in [1.82, 2.24) is 15.8 Å². The van der Waals surface area contributed by atoms with Gasteiger partial charge in [-0.3, -0.25) is 9.30 Å². The van der Waals surface area contributed by atoms with Crippen molar-refractivity contribution in [2.75, 3.05) is 30.2 Å². The topological polar surface area (TPSA) is 99.8 Å². The summed E-state index contributed by atoms with van der Waals surface area (Å²) in [5.41, 5.74) is 2.76. The van der Waals surface area contributed by atoms with Crippen molar-refractivity contribution >= 4 is 45.6 Å². The molecule has 8 nitrogen and oxygen atoms in total. The standard InChI is InChI=1S/C19H27N5O3S.HI/c1-14(2)17-12-16(27-23-17)13-22-19(20-3)21-9-11-28(25,26)24-10-8-15-6-4-5-7-18(15)24;/h4-7,12,14H,8-11,13H2,1-3H3,(H2,20,21,22);1H. The SMILES string of the molecule is CN=C(NCCS(=O)(=O)N1CCc2ccccc21)NCc1cc(C(C)C)no1.I. The Labute approximate surface area is 189 Å². The third-order valence-electron chi connectivity index (χ3n) is 4.66. The molecule has 0 amide bonds. The van der Waals surface area contributed by atoms with Crippen LogP contribution >= 0.6 is 24.0 Å². The number of fused-ring (bicyclic) bond motifs is 1. The third-order valence-corrected chi connectivity index (χ3v) is 6.43. The molecular formula is C19H28IN5O3S. The van der Waals surface area contributed by atoms with E-state index in [1.165, 1.54) is 4.31 Å². The molecule has 1 aliphatic heterocycles. The van der Waals surface area contributed by atoms with Crippen LogP contribution in [0.25, 0.3) is 0 Å². The molecule has 0 aliphatic carbocycles. The first-order valence-corrected chi connectivity index (χ1v) is 11.0. The molecule has 0 atom stereocenters. The van der Waals surface area contributed by atoms with Crippen LogP contribution in [0.15, 0.2) is 39.8 Å². The van der Waals surface area contributed by atoms with E-state index in [-0.39, 0.29) is 36.3 Å². The van der Waals surface area contributed by atoms with Crippen LogP contribution in [0.4, 0.5) is 5.69 Å². The lowest BCUT2D eigenvalue weighted by Crippen LogP contribution is -2.41. The highest BCUT2D eigenvalue weighted by atomic mass is 127. The Hall–Kier alpha value is -1.82. The van der Waals surface area contributed by atoms with Gasteiger partial charge in [-0.25, -0.2) is 8.42 Å². The average molecular weight is 533 g/mol. The Morgan fingerprint density at radius 1 is 1.31 bits per heavy atom. The Kier molecular flexibility index (Phi) is 8.32. The molecule has 3 rings (SSSR count). The molecule has 0 saturated carbocycles. The second-order valence-corrected chi connectivity index (χ2v) is 9.01. The molecule has 0 fully saturated rings. The fourth-order valence-electron chi connectivity index (χ4n) is 3.08. The zero-order valence-corrected chi connectivity index (χ0v) is 20.0. The number of sulfonamides is 1. The lowest BCUT2D eigenvalue weighted by atomic mass is 10.1. The van der Waals surface area contributed by atoms with Gasteiger partial charge in [0.05, 0.1) is 23.7 Å². The van der Waals surface area contributed by atoms with Crippen LogP contribution in [0.1, 0.15) is 36.8 Å². The van der Waals surface area contributed by atoms with E-state index < -0.39 is 10.0 Å². The molecular weight excluding hydrogens is 505 g/mol. The maximum absolute atomic E-state index is 12.7. The summed E-state index contributed by atoms with van der Waals surface area (Å²) in [6.07, 6.45) is 0.752. The van der Waals surface area contributed by atoms with Crippen LogP contribution < -0.4 is 14.9 Å². The Balaban J connectivity index is 0.00000300. The number of nitrogens with one attached hydrogen (secondary N) is 2. The predicted octanol–water partition coefficient (Wildman–Crippen LogP) is 2.47. The molecule has 2 heterocycles. The summed E-state index contributed by atoms with van der Waals surface area (Å²) in [6.45, 7) is 5.28. The number of anilines is 1. The Bertz CT molecular complexity index is 943. The van der Waals surface area contributed by atoms with Crippen LogP contribution in [0, 0.1) is 0 Å². The predicted molar refractivity (Wildman–Crippen MR) is 125 cm³/mol. The molecule has 0 unspecified atom stereocenters. The van der Waals surface area contributed by atoms with E-state index in [9.17, 15) is 8.42 Å². The van der Waals surface area contributed by atoms with Crippen molar-refractivity contribution in [2.24, 2.45) is 4.99 Å². The number of benzene rings is 1. The molecule has 2 aromatic rings. The highest BCUT2D eigenvalue weighted by Crippen LogP contribution is 2.29. The number of nitrogens with zero attached hydrogens (tertiary/aromatic N) is 3. The lowest BCUT2D eigenvalue weighted by Gasteiger charge is -2.20. The van der Waals surface area contributed by atoms with E-state index in [0.29, 0.717) is 30.7 Å². The van der Waals surface area contributed by atoms with Crippen molar-refractivity contribution in [1.29, 1.82) is 0 Å². The lowest BCUT2D eigenvalue weighted by molar-refractivity contribution is 0.372. The van der Waals surface area contributed by atoms with Crippen molar-refractivity contribution in [3.63, 3.8) is 0 Å². The summed E-state index contributed by atoms with van der Waals surface area (Å²) in [5.74, 6) is 1.50. The van der Waals surface area contributed by atoms with Gasteiger partial charge in [0, 0.05) is 26.2 Å². The summed E-state index contributed by atoms with van der Waals surface area (Å²) in [5, 5.41) is 10.2. The Morgan fingerprint density at radius 3 is 2.76 bits per heavy atom. The smallest absolute Gasteiger partial charge is 0.236 e. The molecule has 0 spiro atoms. The van der Waals surface area contributed by atoms with Crippen LogP contribution in [0.2, 0.25) is 0 Å².